The van der Waals surface area contributed by atoms with E-state index in [0.717, 1.165) is 18.4 Å². The van der Waals surface area contributed by atoms with Crippen LogP contribution in [0.4, 0.5) is 0 Å². The predicted octanol–water partition coefficient (Wildman–Crippen LogP) is 2.38. The van der Waals surface area contributed by atoms with Gasteiger partial charge in [0, 0.05) is 11.3 Å². The standard InChI is InChI=1S/C12H17NO/c1-8(2)10-7-9-5-3-4-6-11(9)13-12(10)14/h7-8H,3-6H2,1-2H3,(H,13,14). The molecule has 1 N–H and O–H groups in total. The van der Waals surface area contributed by atoms with Crippen molar-refractivity contribution in [3.05, 3.63) is 33.2 Å². The van der Waals surface area contributed by atoms with Crippen molar-refractivity contribution in [1.82, 2.24) is 4.98 Å². The number of pyridine rings is 1. The van der Waals surface area contributed by atoms with Gasteiger partial charge in [-0.05, 0) is 43.2 Å². The van der Waals surface area contributed by atoms with Gasteiger partial charge < -0.3 is 4.98 Å². The maximum Gasteiger partial charge on any atom is 0.251 e. The lowest BCUT2D eigenvalue weighted by Gasteiger charge is -2.16. The number of nitrogens with one attached hydrogen (secondary N) is 1. The number of hydrogen-bond donors (Lipinski definition) is 1. The molecule has 0 spiro atoms. The zero-order chi connectivity index (χ0) is 10.1. The molecule has 1 aliphatic carbocycles. The molecule has 2 heteroatoms. The van der Waals surface area contributed by atoms with E-state index < -0.39 is 0 Å². The summed E-state index contributed by atoms with van der Waals surface area (Å²) < 4.78 is 0. The highest BCUT2D eigenvalue weighted by Crippen LogP contribution is 2.20. The highest BCUT2D eigenvalue weighted by atomic mass is 16.1. The summed E-state index contributed by atoms with van der Waals surface area (Å²) in [6.45, 7) is 4.14. The lowest BCUT2D eigenvalue weighted by Crippen LogP contribution is -2.19. The molecule has 14 heavy (non-hydrogen) atoms. The molecule has 0 unspecified atom stereocenters. The Morgan fingerprint density at radius 2 is 2.00 bits per heavy atom. The van der Waals surface area contributed by atoms with Crippen LogP contribution in [0.25, 0.3) is 0 Å². The fraction of sp³-hybridized carbons (Fsp3) is 0.583. The van der Waals surface area contributed by atoms with Gasteiger partial charge >= 0.3 is 0 Å². The second-order valence-electron chi connectivity index (χ2n) is 4.42. The molecule has 0 saturated carbocycles. The molecular formula is C12H17NO. The first kappa shape index (κ1) is 9.50. The molecule has 0 fully saturated rings. The van der Waals surface area contributed by atoms with E-state index in [9.17, 15) is 4.79 Å². The number of H-pyrrole nitrogens is 1. The Hall–Kier alpha value is -1.05. The van der Waals surface area contributed by atoms with Crippen LogP contribution in [0.1, 0.15) is 49.4 Å². The molecule has 0 atom stereocenters. The monoisotopic (exact) mass is 191 g/mol. The Morgan fingerprint density at radius 1 is 1.29 bits per heavy atom. The van der Waals surface area contributed by atoms with Crippen LogP contribution in [0, 0.1) is 0 Å². The summed E-state index contributed by atoms with van der Waals surface area (Å²) in [5, 5.41) is 0. The van der Waals surface area contributed by atoms with Crippen LogP contribution < -0.4 is 5.56 Å². The van der Waals surface area contributed by atoms with E-state index in [4.69, 9.17) is 0 Å². The number of aromatic amines is 1. The van der Waals surface area contributed by atoms with Gasteiger partial charge in [0.05, 0.1) is 0 Å². The smallest absolute Gasteiger partial charge is 0.251 e. The first-order valence-corrected chi connectivity index (χ1v) is 5.43. The van der Waals surface area contributed by atoms with E-state index in [1.165, 1.54) is 24.1 Å². The van der Waals surface area contributed by atoms with Crippen molar-refractivity contribution in [2.24, 2.45) is 0 Å². The fourth-order valence-electron chi connectivity index (χ4n) is 2.12. The Kier molecular flexibility index (Phi) is 2.44. The van der Waals surface area contributed by atoms with E-state index in [0.29, 0.717) is 5.92 Å². The minimum Gasteiger partial charge on any atom is -0.326 e. The average molecular weight is 191 g/mol. The zero-order valence-corrected chi connectivity index (χ0v) is 8.89. The Morgan fingerprint density at radius 3 is 2.71 bits per heavy atom. The Balaban J connectivity index is 2.51. The van der Waals surface area contributed by atoms with Gasteiger partial charge in [-0.25, -0.2) is 0 Å². The number of rotatable bonds is 1. The largest absolute Gasteiger partial charge is 0.326 e. The predicted molar refractivity (Wildman–Crippen MR) is 57.8 cm³/mol. The number of fused-ring (bicyclic) bond motifs is 1. The third-order valence-corrected chi connectivity index (χ3v) is 2.99. The number of hydrogen-bond acceptors (Lipinski definition) is 1. The number of aryl methyl sites for hydroxylation is 2. The van der Waals surface area contributed by atoms with Gasteiger partial charge in [-0.2, -0.15) is 0 Å². The fourth-order valence-corrected chi connectivity index (χ4v) is 2.12. The molecule has 1 aliphatic rings. The Bertz CT molecular complexity index is 390. The van der Waals surface area contributed by atoms with Gasteiger partial charge in [0.2, 0.25) is 0 Å². The molecule has 0 bridgehead atoms. The molecule has 0 aliphatic heterocycles. The molecule has 0 saturated heterocycles. The summed E-state index contributed by atoms with van der Waals surface area (Å²) in [5.41, 5.74) is 3.58. The summed E-state index contributed by atoms with van der Waals surface area (Å²) in [6.07, 6.45) is 4.65. The van der Waals surface area contributed by atoms with Crippen LogP contribution in [0.2, 0.25) is 0 Å². The summed E-state index contributed by atoms with van der Waals surface area (Å²) in [5.74, 6) is 0.325. The molecule has 1 heterocycles. The van der Waals surface area contributed by atoms with Gasteiger partial charge in [-0.3, -0.25) is 4.79 Å². The summed E-state index contributed by atoms with van der Waals surface area (Å²) in [7, 11) is 0. The van der Waals surface area contributed by atoms with Gasteiger partial charge in [0.15, 0.2) is 0 Å². The minimum absolute atomic E-state index is 0.112. The highest BCUT2D eigenvalue weighted by molar-refractivity contribution is 5.28. The molecule has 1 aromatic rings. The molecule has 0 amide bonds. The molecule has 76 valence electrons. The molecule has 2 rings (SSSR count). The van der Waals surface area contributed by atoms with E-state index in [-0.39, 0.29) is 5.56 Å². The van der Waals surface area contributed by atoms with Crippen molar-refractivity contribution in [2.75, 3.05) is 0 Å². The SMILES string of the molecule is CC(C)c1cc2c([nH]c1=O)CCCC2. The van der Waals surface area contributed by atoms with E-state index in [1.54, 1.807) is 0 Å². The molecule has 0 radical (unpaired) electrons. The van der Waals surface area contributed by atoms with Gasteiger partial charge in [0.1, 0.15) is 0 Å². The summed E-state index contributed by atoms with van der Waals surface area (Å²) in [6, 6.07) is 2.11. The maximum absolute atomic E-state index is 11.7. The quantitative estimate of drug-likeness (QED) is 0.726. The molecule has 0 aromatic carbocycles. The van der Waals surface area contributed by atoms with Crippen LogP contribution in [-0.4, -0.2) is 4.98 Å². The van der Waals surface area contributed by atoms with Crippen molar-refractivity contribution in [3.63, 3.8) is 0 Å². The van der Waals surface area contributed by atoms with E-state index in [2.05, 4.69) is 24.9 Å². The van der Waals surface area contributed by atoms with Crippen molar-refractivity contribution in [1.29, 1.82) is 0 Å². The lowest BCUT2D eigenvalue weighted by molar-refractivity contribution is 0.659. The van der Waals surface area contributed by atoms with E-state index in [1.807, 2.05) is 0 Å². The summed E-state index contributed by atoms with van der Waals surface area (Å²) >= 11 is 0. The third kappa shape index (κ3) is 1.61. The average Bonchev–Trinajstić information content (AvgIpc) is 2.16. The van der Waals surface area contributed by atoms with Crippen LogP contribution in [0.15, 0.2) is 10.9 Å². The number of aromatic nitrogens is 1. The first-order chi connectivity index (χ1) is 6.68. The maximum atomic E-state index is 11.7. The minimum atomic E-state index is 0.112. The van der Waals surface area contributed by atoms with E-state index >= 15 is 0 Å². The topological polar surface area (TPSA) is 32.9 Å². The highest BCUT2D eigenvalue weighted by Gasteiger charge is 2.13. The van der Waals surface area contributed by atoms with Crippen LogP contribution >= 0.6 is 0 Å². The second kappa shape index (κ2) is 3.60. The summed E-state index contributed by atoms with van der Waals surface area (Å²) in [4.78, 5) is 14.7. The van der Waals surface area contributed by atoms with Crippen molar-refractivity contribution < 1.29 is 0 Å². The van der Waals surface area contributed by atoms with Crippen molar-refractivity contribution in [2.45, 2.75) is 45.4 Å². The van der Waals surface area contributed by atoms with Crippen molar-refractivity contribution in [3.8, 4) is 0 Å². The molecular weight excluding hydrogens is 174 g/mol. The van der Waals surface area contributed by atoms with Crippen LogP contribution in [-0.2, 0) is 12.8 Å². The normalized spacial score (nSPS) is 15.6. The van der Waals surface area contributed by atoms with Crippen molar-refractivity contribution >= 4 is 0 Å². The van der Waals surface area contributed by atoms with Gasteiger partial charge in [-0.15, -0.1) is 0 Å². The third-order valence-electron chi connectivity index (χ3n) is 2.99. The zero-order valence-electron chi connectivity index (χ0n) is 8.89. The molecule has 1 aromatic heterocycles. The van der Waals surface area contributed by atoms with Crippen LogP contribution in [0.5, 0.6) is 0 Å². The van der Waals surface area contributed by atoms with Gasteiger partial charge in [0.25, 0.3) is 5.56 Å². The first-order valence-electron chi connectivity index (χ1n) is 5.43. The van der Waals surface area contributed by atoms with Gasteiger partial charge in [-0.1, -0.05) is 13.8 Å². The van der Waals surface area contributed by atoms with Crippen LogP contribution in [0.3, 0.4) is 0 Å². The molecule has 2 nitrogen and oxygen atoms in total. The second-order valence-corrected chi connectivity index (χ2v) is 4.42. The Labute approximate surface area is 84.4 Å². The lowest BCUT2D eigenvalue weighted by atomic mass is 9.93.